The highest BCUT2D eigenvalue weighted by Crippen LogP contribution is 2.32. The van der Waals surface area contributed by atoms with Gasteiger partial charge in [0, 0.05) is 0 Å². The fourth-order valence-electron chi connectivity index (χ4n) is 2.16. The molecule has 0 radical (unpaired) electrons. The Morgan fingerprint density at radius 2 is 1.69 bits per heavy atom. The summed E-state index contributed by atoms with van der Waals surface area (Å²) in [7, 11) is 0. The maximum absolute atomic E-state index is 10.1. The molecule has 0 bridgehead atoms. The molecule has 1 heteroatoms. The molecular weight excluding hydrogens is 160 g/mol. The first-order chi connectivity index (χ1) is 5.77. The van der Waals surface area contributed by atoms with Gasteiger partial charge < -0.3 is 5.11 Å². The number of aliphatic hydroxyl groups is 1. The van der Waals surface area contributed by atoms with Gasteiger partial charge in [-0.1, -0.05) is 52.9 Å². The zero-order valence-corrected chi connectivity index (χ0v) is 8.31. The molecule has 1 N–H and O–H groups in total. The Balaban J connectivity index is 0.00000144. The average Bonchev–Trinajstić information content (AvgIpc) is 2.06. The predicted octanol–water partition coefficient (Wildman–Crippen LogP) is 3.90. The lowest BCUT2D eigenvalue weighted by Gasteiger charge is -2.32. The fraction of sp³-hybridized carbons (Fsp3) is 1.00. The Morgan fingerprint density at radius 3 is 2.23 bits per heavy atom. The van der Waals surface area contributed by atoms with Crippen molar-refractivity contribution in [2.24, 2.45) is 0 Å². The van der Waals surface area contributed by atoms with E-state index in [-0.39, 0.29) is 13.0 Å². The van der Waals surface area contributed by atoms with E-state index in [0.717, 1.165) is 19.3 Å². The average molecular weight is 186 g/mol. The van der Waals surface area contributed by atoms with Gasteiger partial charge in [0.15, 0.2) is 0 Å². The van der Waals surface area contributed by atoms with Crippen molar-refractivity contribution in [2.45, 2.75) is 77.7 Å². The molecule has 1 fully saturated rings. The van der Waals surface area contributed by atoms with Gasteiger partial charge in [-0.15, -0.1) is 0 Å². The third-order valence-corrected chi connectivity index (χ3v) is 3.03. The Labute approximate surface area is 83.5 Å². The predicted molar refractivity (Wildman–Crippen MR) is 58.9 cm³/mol. The molecule has 1 rings (SSSR count). The normalized spacial score (nSPS) is 20.8. The van der Waals surface area contributed by atoms with Crippen molar-refractivity contribution in [3.05, 3.63) is 0 Å². The van der Waals surface area contributed by atoms with E-state index in [0.29, 0.717) is 0 Å². The van der Waals surface area contributed by atoms with Crippen molar-refractivity contribution >= 4 is 0 Å². The van der Waals surface area contributed by atoms with E-state index in [1.165, 1.54) is 38.5 Å². The number of hydrogen-bond donors (Lipinski definition) is 1. The van der Waals surface area contributed by atoms with Gasteiger partial charge in [0.05, 0.1) is 5.60 Å². The summed E-state index contributed by atoms with van der Waals surface area (Å²) in [6.07, 6.45) is 10.7. The van der Waals surface area contributed by atoms with Crippen molar-refractivity contribution in [2.75, 3.05) is 0 Å². The molecule has 1 aliphatic rings. The van der Waals surface area contributed by atoms with Gasteiger partial charge >= 0.3 is 0 Å². The van der Waals surface area contributed by atoms with Crippen LogP contribution in [0.3, 0.4) is 0 Å². The van der Waals surface area contributed by atoms with Crippen LogP contribution in [0.4, 0.5) is 0 Å². The highest BCUT2D eigenvalue weighted by Gasteiger charge is 2.27. The topological polar surface area (TPSA) is 20.2 Å². The molecule has 1 saturated carbocycles. The standard InChI is InChI=1S/C11H22O.CH4/c1-2-3-5-8-11(12)9-6-4-7-10-11;/h12H,2-10H2,1H3;1H4. The van der Waals surface area contributed by atoms with Crippen LogP contribution in [0.25, 0.3) is 0 Å². The molecule has 0 saturated heterocycles. The molecule has 0 heterocycles. The molecule has 0 aromatic carbocycles. The first-order valence-electron chi connectivity index (χ1n) is 5.49. The molecule has 0 amide bonds. The summed E-state index contributed by atoms with van der Waals surface area (Å²) in [5.74, 6) is 0. The van der Waals surface area contributed by atoms with Gasteiger partial charge in [0.2, 0.25) is 0 Å². The van der Waals surface area contributed by atoms with Gasteiger partial charge in [-0.3, -0.25) is 0 Å². The summed E-state index contributed by atoms with van der Waals surface area (Å²) in [6, 6.07) is 0. The highest BCUT2D eigenvalue weighted by atomic mass is 16.3. The van der Waals surface area contributed by atoms with Gasteiger partial charge in [0.1, 0.15) is 0 Å². The van der Waals surface area contributed by atoms with Crippen molar-refractivity contribution < 1.29 is 5.11 Å². The molecule has 1 nitrogen and oxygen atoms in total. The summed E-state index contributed by atoms with van der Waals surface area (Å²) in [5, 5.41) is 10.1. The van der Waals surface area contributed by atoms with Gasteiger partial charge in [-0.25, -0.2) is 0 Å². The first kappa shape index (κ1) is 13.0. The van der Waals surface area contributed by atoms with Crippen LogP contribution in [-0.4, -0.2) is 10.7 Å². The Morgan fingerprint density at radius 1 is 1.08 bits per heavy atom. The Hall–Kier alpha value is -0.0400. The number of hydrogen-bond acceptors (Lipinski definition) is 1. The van der Waals surface area contributed by atoms with Gasteiger partial charge in [-0.05, 0) is 19.3 Å². The highest BCUT2D eigenvalue weighted by molar-refractivity contribution is 4.81. The largest absolute Gasteiger partial charge is 0.390 e. The van der Waals surface area contributed by atoms with Crippen LogP contribution < -0.4 is 0 Å². The first-order valence-corrected chi connectivity index (χ1v) is 5.49. The zero-order valence-electron chi connectivity index (χ0n) is 8.31. The van der Waals surface area contributed by atoms with E-state index in [2.05, 4.69) is 6.92 Å². The van der Waals surface area contributed by atoms with E-state index in [1.54, 1.807) is 0 Å². The van der Waals surface area contributed by atoms with Crippen LogP contribution in [0.2, 0.25) is 0 Å². The molecule has 13 heavy (non-hydrogen) atoms. The molecule has 1 aliphatic carbocycles. The third kappa shape index (κ3) is 4.66. The molecule has 0 aromatic heterocycles. The van der Waals surface area contributed by atoms with Crippen molar-refractivity contribution in [3.8, 4) is 0 Å². The Bertz CT molecular complexity index is 114. The smallest absolute Gasteiger partial charge is 0.0647 e. The van der Waals surface area contributed by atoms with E-state index in [4.69, 9.17) is 0 Å². The van der Waals surface area contributed by atoms with Crippen LogP contribution in [-0.2, 0) is 0 Å². The lowest BCUT2D eigenvalue weighted by molar-refractivity contribution is -0.00577. The van der Waals surface area contributed by atoms with Crippen LogP contribution in [0, 0.1) is 0 Å². The minimum absolute atomic E-state index is 0. The second kappa shape index (κ2) is 6.42. The second-order valence-electron chi connectivity index (χ2n) is 4.24. The molecular formula is C12H26O. The van der Waals surface area contributed by atoms with E-state index in [1.807, 2.05) is 0 Å². The van der Waals surface area contributed by atoms with Gasteiger partial charge in [0.25, 0.3) is 0 Å². The maximum atomic E-state index is 10.1. The summed E-state index contributed by atoms with van der Waals surface area (Å²) in [4.78, 5) is 0. The summed E-state index contributed by atoms with van der Waals surface area (Å²) in [6.45, 7) is 2.21. The lowest BCUT2D eigenvalue weighted by Crippen LogP contribution is -2.30. The lowest BCUT2D eigenvalue weighted by atomic mass is 9.81. The van der Waals surface area contributed by atoms with E-state index in [9.17, 15) is 5.11 Å². The number of unbranched alkanes of at least 4 members (excludes halogenated alkanes) is 2. The SMILES string of the molecule is C.CCCCCC1(O)CCCCC1. The summed E-state index contributed by atoms with van der Waals surface area (Å²) < 4.78 is 0. The minimum atomic E-state index is -0.270. The maximum Gasteiger partial charge on any atom is 0.0647 e. The quantitative estimate of drug-likeness (QED) is 0.660. The van der Waals surface area contributed by atoms with Crippen LogP contribution in [0.5, 0.6) is 0 Å². The van der Waals surface area contributed by atoms with Crippen molar-refractivity contribution in [3.63, 3.8) is 0 Å². The third-order valence-electron chi connectivity index (χ3n) is 3.03. The zero-order chi connectivity index (χ0) is 8.86. The van der Waals surface area contributed by atoms with Crippen LogP contribution >= 0.6 is 0 Å². The molecule has 0 spiro atoms. The molecule has 0 unspecified atom stereocenters. The van der Waals surface area contributed by atoms with Crippen molar-refractivity contribution in [1.82, 2.24) is 0 Å². The second-order valence-corrected chi connectivity index (χ2v) is 4.24. The molecule has 0 aromatic rings. The van der Waals surface area contributed by atoms with Crippen LogP contribution in [0.1, 0.15) is 72.1 Å². The Kier molecular flexibility index (Phi) is 6.40. The van der Waals surface area contributed by atoms with Crippen LogP contribution in [0.15, 0.2) is 0 Å². The molecule has 80 valence electrons. The van der Waals surface area contributed by atoms with Crippen molar-refractivity contribution in [1.29, 1.82) is 0 Å². The minimum Gasteiger partial charge on any atom is -0.390 e. The molecule has 0 aliphatic heterocycles. The van der Waals surface area contributed by atoms with E-state index < -0.39 is 0 Å². The number of rotatable bonds is 4. The summed E-state index contributed by atoms with van der Waals surface area (Å²) in [5.41, 5.74) is -0.270. The van der Waals surface area contributed by atoms with E-state index >= 15 is 0 Å². The fourth-order valence-corrected chi connectivity index (χ4v) is 2.16. The summed E-state index contributed by atoms with van der Waals surface area (Å²) >= 11 is 0. The van der Waals surface area contributed by atoms with Gasteiger partial charge in [-0.2, -0.15) is 0 Å². The molecule has 0 atom stereocenters. The monoisotopic (exact) mass is 186 g/mol.